The summed E-state index contributed by atoms with van der Waals surface area (Å²) in [4.78, 5) is 34.0. The lowest BCUT2D eigenvalue weighted by molar-refractivity contribution is -0.128. The predicted octanol–water partition coefficient (Wildman–Crippen LogP) is 0.607. The molecule has 2 amide bonds. The molecule has 9 heteroatoms. The fourth-order valence-electron chi connectivity index (χ4n) is 2.51. The summed E-state index contributed by atoms with van der Waals surface area (Å²) < 4.78 is 0. The number of carbonyl (C=O) groups excluding carboxylic acids is 2. The number of amides is 2. The molecule has 1 aliphatic rings. The molecule has 2 rings (SSSR count). The summed E-state index contributed by atoms with van der Waals surface area (Å²) in [7, 11) is 0. The highest BCUT2D eigenvalue weighted by molar-refractivity contribution is 14.0. The van der Waals surface area contributed by atoms with Gasteiger partial charge in [0.2, 0.25) is 5.91 Å². The summed E-state index contributed by atoms with van der Waals surface area (Å²) in [6.45, 7) is 5.41. The molecule has 1 fully saturated rings. The lowest BCUT2D eigenvalue weighted by atomic mass is 10.3. The zero-order valence-electron chi connectivity index (χ0n) is 15.0. The average molecular weight is 474 g/mol. The highest BCUT2D eigenvalue weighted by Crippen LogP contribution is 2.07. The zero-order valence-corrected chi connectivity index (χ0v) is 17.4. The van der Waals surface area contributed by atoms with E-state index in [1.807, 2.05) is 11.8 Å². The molecule has 1 aromatic heterocycles. The fourth-order valence-corrected chi connectivity index (χ4v) is 2.51. The number of nitrogens with one attached hydrogen (secondary N) is 3. The lowest BCUT2D eigenvalue weighted by Gasteiger charge is -2.15. The molecule has 0 bridgehead atoms. The second-order valence-corrected chi connectivity index (χ2v) is 5.71. The largest absolute Gasteiger partial charge is 0.357 e. The third-order valence-corrected chi connectivity index (χ3v) is 3.80. The Morgan fingerprint density at radius 2 is 1.92 bits per heavy atom. The molecular weight excluding hydrogens is 447 g/mol. The maximum Gasteiger partial charge on any atom is 0.252 e. The maximum absolute atomic E-state index is 12.0. The van der Waals surface area contributed by atoms with Crippen molar-refractivity contribution in [1.29, 1.82) is 0 Å². The van der Waals surface area contributed by atoms with E-state index in [-0.39, 0.29) is 42.3 Å². The number of hydrogen-bond acceptors (Lipinski definition) is 4. The Bertz CT molecular complexity index is 590. The monoisotopic (exact) mass is 474 g/mol. The zero-order chi connectivity index (χ0) is 17.9. The van der Waals surface area contributed by atoms with Crippen LogP contribution < -0.4 is 16.0 Å². The van der Waals surface area contributed by atoms with E-state index in [0.29, 0.717) is 31.2 Å². The summed E-state index contributed by atoms with van der Waals surface area (Å²) in [5, 5.41) is 9.01. The molecule has 1 aliphatic heterocycles. The quantitative estimate of drug-likeness (QED) is 0.233. The highest BCUT2D eigenvalue weighted by Gasteiger charge is 2.17. The molecule has 0 aromatic carbocycles. The van der Waals surface area contributed by atoms with Crippen LogP contribution in [0.1, 0.15) is 30.1 Å². The molecule has 1 aromatic rings. The van der Waals surface area contributed by atoms with Gasteiger partial charge in [-0.05, 0) is 31.9 Å². The molecule has 0 aliphatic carbocycles. The van der Waals surface area contributed by atoms with E-state index < -0.39 is 0 Å². The number of aliphatic imine (C=N–C) groups is 1. The van der Waals surface area contributed by atoms with Crippen LogP contribution in [0.5, 0.6) is 0 Å². The van der Waals surface area contributed by atoms with Gasteiger partial charge in [-0.25, -0.2) is 4.99 Å². The van der Waals surface area contributed by atoms with Crippen molar-refractivity contribution in [2.45, 2.75) is 19.8 Å². The van der Waals surface area contributed by atoms with E-state index in [1.165, 1.54) is 6.20 Å². The third-order valence-electron chi connectivity index (χ3n) is 3.80. The summed E-state index contributed by atoms with van der Waals surface area (Å²) >= 11 is 0. The smallest absolute Gasteiger partial charge is 0.252 e. The standard InChI is InChI=1S/C17H26N6O2.HI/c1-2-19-17(22-13-15(24)23-10-3-4-11-23)21-9-8-20-16(25)14-6-5-7-18-12-14;/h5-7,12H,2-4,8-11,13H2,1H3,(H,20,25)(H2,19,21,22);1H. The van der Waals surface area contributed by atoms with E-state index in [9.17, 15) is 9.59 Å². The van der Waals surface area contributed by atoms with Gasteiger partial charge in [0.1, 0.15) is 6.54 Å². The molecule has 2 heterocycles. The van der Waals surface area contributed by atoms with E-state index in [2.05, 4.69) is 25.9 Å². The number of pyridine rings is 1. The minimum atomic E-state index is -0.166. The second kappa shape index (κ2) is 12.4. The number of hydrogen-bond donors (Lipinski definition) is 3. The Kier molecular flexibility index (Phi) is 10.6. The molecule has 0 radical (unpaired) electrons. The molecule has 0 atom stereocenters. The van der Waals surface area contributed by atoms with Crippen molar-refractivity contribution in [2.24, 2.45) is 4.99 Å². The Morgan fingerprint density at radius 3 is 2.58 bits per heavy atom. The summed E-state index contributed by atoms with van der Waals surface area (Å²) in [6.07, 6.45) is 5.30. The number of halogens is 1. The lowest BCUT2D eigenvalue weighted by Crippen LogP contribution is -2.42. The molecule has 3 N–H and O–H groups in total. The van der Waals surface area contributed by atoms with E-state index in [1.54, 1.807) is 18.3 Å². The van der Waals surface area contributed by atoms with Gasteiger partial charge < -0.3 is 20.9 Å². The van der Waals surface area contributed by atoms with Gasteiger partial charge in [0.15, 0.2) is 5.96 Å². The summed E-state index contributed by atoms with van der Waals surface area (Å²) in [6, 6.07) is 3.44. The number of aromatic nitrogens is 1. The fraction of sp³-hybridized carbons (Fsp3) is 0.529. The number of nitrogens with zero attached hydrogens (tertiary/aromatic N) is 3. The van der Waals surface area contributed by atoms with Crippen LogP contribution in [0.2, 0.25) is 0 Å². The van der Waals surface area contributed by atoms with Crippen molar-refractivity contribution in [1.82, 2.24) is 25.8 Å². The van der Waals surface area contributed by atoms with Gasteiger partial charge in [-0.3, -0.25) is 14.6 Å². The molecular formula is C17H27IN6O2. The Labute approximate surface area is 171 Å². The van der Waals surface area contributed by atoms with Gasteiger partial charge in [-0.2, -0.15) is 0 Å². The summed E-state index contributed by atoms with van der Waals surface area (Å²) in [5.41, 5.74) is 0.527. The summed E-state index contributed by atoms with van der Waals surface area (Å²) in [5.74, 6) is 0.464. The number of carbonyl (C=O) groups is 2. The van der Waals surface area contributed by atoms with Crippen molar-refractivity contribution in [3.63, 3.8) is 0 Å². The molecule has 0 spiro atoms. The molecule has 26 heavy (non-hydrogen) atoms. The Balaban J connectivity index is 0.00000338. The first-order valence-corrected chi connectivity index (χ1v) is 8.69. The minimum Gasteiger partial charge on any atom is -0.357 e. The van der Waals surface area contributed by atoms with Gasteiger partial charge >= 0.3 is 0 Å². The number of rotatable bonds is 7. The van der Waals surface area contributed by atoms with Crippen molar-refractivity contribution in [2.75, 3.05) is 39.3 Å². The van der Waals surface area contributed by atoms with Crippen molar-refractivity contribution < 1.29 is 9.59 Å². The second-order valence-electron chi connectivity index (χ2n) is 5.71. The first kappa shape index (κ1) is 22.1. The van der Waals surface area contributed by atoms with Gasteiger partial charge in [0.05, 0.1) is 5.56 Å². The van der Waals surface area contributed by atoms with E-state index in [0.717, 1.165) is 25.9 Å². The van der Waals surface area contributed by atoms with Crippen LogP contribution in [-0.4, -0.2) is 66.9 Å². The van der Waals surface area contributed by atoms with Crippen LogP contribution in [0.3, 0.4) is 0 Å². The number of likely N-dealkylation sites (tertiary alicyclic amines) is 1. The van der Waals surface area contributed by atoms with Gasteiger partial charge in [0, 0.05) is 45.1 Å². The highest BCUT2D eigenvalue weighted by atomic mass is 127. The Morgan fingerprint density at radius 1 is 1.19 bits per heavy atom. The number of guanidine groups is 1. The van der Waals surface area contributed by atoms with Crippen LogP contribution >= 0.6 is 24.0 Å². The predicted molar refractivity (Wildman–Crippen MR) is 112 cm³/mol. The molecule has 8 nitrogen and oxygen atoms in total. The van der Waals surface area contributed by atoms with Crippen LogP contribution in [0.4, 0.5) is 0 Å². The molecule has 1 saturated heterocycles. The maximum atomic E-state index is 12.0. The first-order chi connectivity index (χ1) is 12.2. The topological polar surface area (TPSA) is 98.7 Å². The van der Waals surface area contributed by atoms with E-state index >= 15 is 0 Å². The molecule has 0 saturated carbocycles. The molecule has 0 unspecified atom stereocenters. The van der Waals surface area contributed by atoms with Gasteiger partial charge in [-0.15, -0.1) is 24.0 Å². The van der Waals surface area contributed by atoms with Crippen molar-refractivity contribution in [3.05, 3.63) is 30.1 Å². The van der Waals surface area contributed by atoms with Crippen molar-refractivity contribution in [3.8, 4) is 0 Å². The average Bonchev–Trinajstić information content (AvgIpc) is 3.18. The van der Waals surface area contributed by atoms with E-state index in [4.69, 9.17) is 0 Å². The normalized spacial score (nSPS) is 13.7. The van der Waals surface area contributed by atoms with Crippen molar-refractivity contribution >= 4 is 41.8 Å². The first-order valence-electron chi connectivity index (χ1n) is 8.69. The van der Waals surface area contributed by atoms with Crippen LogP contribution in [0.25, 0.3) is 0 Å². The van der Waals surface area contributed by atoms with Crippen LogP contribution in [0.15, 0.2) is 29.5 Å². The third kappa shape index (κ3) is 7.54. The SMILES string of the molecule is CCNC(=NCC(=O)N1CCCC1)NCCNC(=O)c1cccnc1.I. The van der Waals surface area contributed by atoms with Crippen LogP contribution in [0, 0.1) is 0 Å². The van der Waals surface area contributed by atoms with Crippen LogP contribution in [-0.2, 0) is 4.79 Å². The van der Waals surface area contributed by atoms with Gasteiger partial charge in [-0.1, -0.05) is 0 Å². The minimum absolute atomic E-state index is 0. The van der Waals surface area contributed by atoms with Gasteiger partial charge in [0.25, 0.3) is 5.91 Å². The Hall–Kier alpha value is -1.91. The molecule has 144 valence electrons.